The number of thiazole rings is 2. The van der Waals surface area contributed by atoms with Crippen molar-refractivity contribution in [1.29, 1.82) is 0 Å². The third-order valence-corrected chi connectivity index (χ3v) is 21.8. The number of unbranched alkanes of at least 4 members (excludes halogenated alkanes) is 20. The van der Waals surface area contributed by atoms with E-state index < -0.39 is 0 Å². The number of thiophene rings is 4. The van der Waals surface area contributed by atoms with Crippen molar-refractivity contribution < 1.29 is 9.47 Å². The lowest BCUT2D eigenvalue weighted by molar-refractivity contribution is 0.235. The first-order valence-corrected chi connectivity index (χ1v) is 34.2. The van der Waals surface area contributed by atoms with Crippen molar-refractivity contribution in [3.05, 3.63) is 46.2 Å². The summed E-state index contributed by atoms with van der Waals surface area (Å²) >= 11 is 11.1. The van der Waals surface area contributed by atoms with Gasteiger partial charge in [-0.2, -0.15) is 0 Å². The molecule has 10 heteroatoms. The predicted octanol–water partition coefficient (Wildman–Crippen LogP) is 23.4. The van der Waals surface area contributed by atoms with E-state index in [1.165, 1.54) is 218 Å². The van der Waals surface area contributed by atoms with Crippen molar-refractivity contribution >= 4 is 97.9 Å². The van der Waals surface area contributed by atoms with Crippen LogP contribution in [0.4, 0.5) is 0 Å². The minimum Gasteiger partial charge on any atom is -0.491 e. The first kappa shape index (κ1) is 57.4. The molecule has 2 atom stereocenters. The summed E-state index contributed by atoms with van der Waals surface area (Å²) in [6, 6.07) is 9.60. The zero-order chi connectivity index (χ0) is 50.3. The van der Waals surface area contributed by atoms with E-state index in [0.717, 1.165) is 70.1 Å². The predicted molar refractivity (Wildman–Crippen MR) is 327 cm³/mol. The Bertz CT molecular complexity index is 2480. The van der Waals surface area contributed by atoms with Gasteiger partial charge < -0.3 is 9.47 Å². The van der Waals surface area contributed by atoms with Crippen LogP contribution in [0.5, 0.6) is 11.5 Å². The number of hydrogen-bond acceptors (Lipinski definition) is 10. The topological polar surface area (TPSA) is 44.2 Å². The molecule has 0 bridgehead atoms. The van der Waals surface area contributed by atoms with Crippen LogP contribution in [-0.4, -0.2) is 23.2 Å². The molecule has 0 aliphatic heterocycles. The third kappa shape index (κ3) is 16.3. The fraction of sp³-hybridized carbons (Fsp3) is 0.645. The molecule has 7 aromatic rings. The molecule has 7 rings (SSSR count). The quantitative estimate of drug-likeness (QED) is 0.0360. The lowest BCUT2D eigenvalue weighted by Crippen LogP contribution is -2.12. The lowest BCUT2D eigenvalue weighted by atomic mass is 10.0. The van der Waals surface area contributed by atoms with Crippen LogP contribution >= 0.6 is 68.0 Å². The molecule has 2 unspecified atom stereocenters. The Hall–Kier alpha value is -2.34. The molecule has 0 aliphatic rings. The van der Waals surface area contributed by atoms with Crippen LogP contribution in [0.25, 0.3) is 59.4 Å². The van der Waals surface area contributed by atoms with Crippen LogP contribution in [-0.2, 0) is 12.8 Å². The van der Waals surface area contributed by atoms with Crippen molar-refractivity contribution in [3.63, 3.8) is 0 Å². The number of rotatable bonds is 39. The Morgan fingerprint density at radius 1 is 0.431 bits per heavy atom. The Morgan fingerprint density at radius 3 is 1.44 bits per heavy atom. The molecule has 0 N–H and O–H groups in total. The van der Waals surface area contributed by atoms with Crippen LogP contribution in [0.15, 0.2) is 35.0 Å². The smallest absolute Gasteiger partial charge is 0.155 e. The number of benzene rings is 1. The Kier molecular flexibility index (Phi) is 25.2. The summed E-state index contributed by atoms with van der Waals surface area (Å²) in [6.07, 6.45) is 39.1. The number of ether oxygens (including phenoxy) is 2. The molecule has 6 heterocycles. The number of hydrogen-bond donors (Lipinski definition) is 0. The van der Waals surface area contributed by atoms with Gasteiger partial charge in [-0.1, -0.05) is 218 Å². The molecule has 396 valence electrons. The van der Waals surface area contributed by atoms with Gasteiger partial charge in [0.1, 0.15) is 21.5 Å². The summed E-state index contributed by atoms with van der Waals surface area (Å²) in [5.74, 6) is 3.22. The van der Waals surface area contributed by atoms with Gasteiger partial charge in [0.05, 0.1) is 32.4 Å². The van der Waals surface area contributed by atoms with E-state index in [0.29, 0.717) is 11.8 Å². The van der Waals surface area contributed by atoms with Crippen LogP contribution in [0.3, 0.4) is 0 Å². The standard InChI is InChI=1S/C62H90N2O2S6/c1-7-13-17-19-21-23-25-27-29-31-35-47-37-39-67-55(47)59-63-61-62(71-59)64-60(72-61)56-48(36-32-30-28-26-24-22-20-18-14-8-2)41-51(69-56)52-42-50-54(66-44-46(12-6)34-16-10-4)57-49(38-40-68-57)53(58(50)70-52)65-43-45(11-5)33-15-9-3/h37-42,45-46H,7-36,43-44H2,1-6H3. The lowest BCUT2D eigenvalue weighted by Gasteiger charge is -2.19. The number of nitrogens with zero attached hydrogens (tertiary/aromatic N) is 2. The van der Waals surface area contributed by atoms with Gasteiger partial charge in [0.15, 0.2) is 9.66 Å². The Balaban J connectivity index is 1.15. The minimum atomic E-state index is 0.557. The van der Waals surface area contributed by atoms with E-state index in [-0.39, 0.29) is 0 Å². The van der Waals surface area contributed by atoms with Crippen LogP contribution in [0.2, 0.25) is 0 Å². The maximum absolute atomic E-state index is 7.03. The van der Waals surface area contributed by atoms with Gasteiger partial charge in [0.2, 0.25) is 0 Å². The monoisotopic (exact) mass is 1090 g/mol. The molecule has 6 aromatic heterocycles. The highest BCUT2D eigenvalue weighted by molar-refractivity contribution is 7.33. The minimum absolute atomic E-state index is 0.557. The van der Waals surface area contributed by atoms with Crippen LogP contribution < -0.4 is 9.47 Å². The summed E-state index contributed by atoms with van der Waals surface area (Å²) in [5.41, 5.74) is 2.92. The van der Waals surface area contributed by atoms with Gasteiger partial charge in [-0.05, 0) is 96.5 Å². The van der Waals surface area contributed by atoms with Gasteiger partial charge >= 0.3 is 0 Å². The molecule has 0 radical (unpaired) electrons. The second kappa shape index (κ2) is 31.6. The summed E-state index contributed by atoms with van der Waals surface area (Å²) in [5, 5.41) is 9.21. The number of aromatic nitrogens is 2. The summed E-state index contributed by atoms with van der Waals surface area (Å²) in [7, 11) is 0. The molecule has 72 heavy (non-hydrogen) atoms. The molecular formula is C62H90N2O2S6. The van der Waals surface area contributed by atoms with E-state index in [4.69, 9.17) is 19.4 Å². The van der Waals surface area contributed by atoms with Crippen molar-refractivity contribution in [3.8, 4) is 41.0 Å². The summed E-state index contributed by atoms with van der Waals surface area (Å²) in [4.78, 5) is 18.3. The Labute approximate surface area is 460 Å². The molecule has 0 saturated heterocycles. The fourth-order valence-corrected chi connectivity index (χ4v) is 16.9. The van der Waals surface area contributed by atoms with Gasteiger partial charge in [-0.15, -0.1) is 45.3 Å². The zero-order valence-electron chi connectivity index (χ0n) is 45.4. The summed E-state index contributed by atoms with van der Waals surface area (Å²) in [6.45, 7) is 15.4. The van der Waals surface area contributed by atoms with Gasteiger partial charge in [0.25, 0.3) is 0 Å². The molecule has 0 spiro atoms. The van der Waals surface area contributed by atoms with Crippen LogP contribution in [0, 0.1) is 11.8 Å². The molecule has 0 saturated carbocycles. The highest BCUT2D eigenvalue weighted by Gasteiger charge is 2.25. The number of fused-ring (bicyclic) bond motifs is 3. The van der Waals surface area contributed by atoms with Crippen LogP contribution in [0.1, 0.15) is 232 Å². The van der Waals surface area contributed by atoms with E-state index in [2.05, 4.69) is 76.6 Å². The van der Waals surface area contributed by atoms with Crippen molar-refractivity contribution in [2.24, 2.45) is 11.8 Å². The molecule has 4 nitrogen and oxygen atoms in total. The second-order valence-corrected chi connectivity index (χ2v) is 26.8. The second-order valence-electron chi connectivity index (χ2n) is 20.9. The van der Waals surface area contributed by atoms with Gasteiger partial charge in [0, 0.05) is 20.5 Å². The fourth-order valence-electron chi connectivity index (χ4n) is 10.3. The first-order valence-electron chi connectivity index (χ1n) is 29.2. The van der Waals surface area contributed by atoms with E-state index >= 15 is 0 Å². The molecule has 0 fully saturated rings. The molecule has 0 aliphatic carbocycles. The van der Waals surface area contributed by atoms with Crippen molar-refractivity contribution in [2.75, 3.05) is 13.2 Å². The van der Waals surface area contributed by atoms with Gasteiger partial charge in [-0.3, -0.25) is 0 Å². The first-order chi connectivity index (χ1) is 35.5. The maximum atomic E-state index is 7.03. The van der Waals surface area contributed by atoms with Crippen molar-refractivity contribution in [1.82, 2.24) is 9.97 Å². The van der Waals surface area contributed by atoms with Gasteiger partial charge in [-0.25, -0.2) is 9.97 Å². The SMILES string of the molecule is CCCCCCCCCCCCc1ccsc1-c1nc2sc(-c3sc(-c4cc5c(OCC(CC)CCCC)c6sccc6c(OCC(CC)CCCC)c5s4)cc3CCCCCCCCCCCC)nc2s1. The zero-order valence-corrected chi connectivity index (χ0v) is 50.3. The highest BCUT2D eigenvalue weighted by Crippen LogP contribution is 2.53. The average molecular weight is 1090 g/mol. The van der Waals surface area contributed by atoms with E-state index in [1.54, 1.807) is 34.0 Å². The molecular weight excluding hydrogens is 997 g/mol. The highest BCUT2D eigenvalue weighted by atomic mass is 32.1. The summed E-state index contributed by atoms with van der Waals surface area (Å²) < 4.78 is 16.5. The Morgan fingerprint density at radius 2 is 0.903 bits per heavy atom. The van der Waals surface area contributed by atoms with E-state index in [1.807, 2.05) is 34.0 Å². The largest absolute Gasteiger partial charge is 0.491 e. The molecule has 1 aromatic carbocycles. The maximum Gasteiger partial charge on any atom is 0.155 e. The average Bonchev–Trinajstić information content (AvgIpc) is 4.27. The normalized spacial score (nSPS) is 12.9. The van der Waals surface area contributed by atoms with E-state index in [9.17, 15) is 0 Å². The molecule has 0 amide bonds. The third-order valence-electron chi connectivity index (χ3n) is 15.1. The number of aryl methyl sites for hydroxylation is 2. The van der Waals surface area contributed by atoms with Crippen molar-refractivity contribution in [2.45, 2.75) is 234 Å².